The molecule has 2 rings (SSSR count). The molecule has 20 heavy (non-hydrogen) atoms. The smallest absolute Gasteiger partial charge is 0.269 e. The number of carbonyl (C=O) groups excluding carboxylic acids is 2. The Morgan fingerprint density at radius 2 is 2.20 bits per heavy atom. The minimum Gasteiger partial charge on any atom is -0.301 e. The lowest BCUT2D eigenvalue weighted by molar-refractivity contribution is -0.384. The van der Waals surface area contributed by atoms with Gasteiger partial charge in [-0.15, -0.1) is 0 Å². The number of nitro benzene ring substituents is 1. The Morgan fingerprint density at radius 1 is 1.50 bits per heavy atom. The van der Waals surface area contributed by atoms with Crippen molar-refractivity contribution in [2.24, 2.45) is 0 Å². The summed E-state index contributed by atoms with van der Waals surface area (Å²) < 4.78 is 0. The summed E-state index contributed by atoms with van der Waals surface area (Å²) in [5.41, 5.74) is 0.438. The molecule has 1 N–H and O–H groups in total. The van der Waals surface area contributed by atoms with E-state index in [1.807, 2.05) is 0 Å². The molecule has 0 spiro atoms. The van der Waals surface area contributed by atoms with Gasteiger partial charge < -0.3 is 5.32 Å². The van der Waals surface area contributed by atoms with Gasteiger partial charge in [-0.2, -0.15) is 0 Å². The van der Waals surface area contributed by atoms with E-state index in [0.717, 1.165) is 4.90 Å². The number of hydrogen-bond acceptors (Lipinski definition) is 5. The number of carbonyl (C=O) groups is 2. The molecule has 106 valence electrons. The number of nitrogens with zero attached hydrogens (tertiary/aromatic N) is 2. The zero-order valence-corrected chi connectivity index (χ0v) is 11.4. The number of nitro groups is 1. The fraction of sp³-hybridized carbons (Fsp3) is 0.333. The van der Waals surface area contributed by atoms with Gasteiger partial charge in [-0.3, -0.25) is 24.6 Å². The molecule has 0 bridgehead atoms. The Bertz CT molecular complexity index is 590. The maximum Gasteiger partial charge on any atom is 0.269 e. The van der Waals surface area contributed by atoms with Crippen LogP contribution in [0.15, 0.2) is 18.2 Å². The Kier molecular flexibility index (Phi) is 4.01. The third-order valence-electron chi connectivity index (χ3n) is 3.16. The Hall–Kier alpha value is -1.99. The average Bonchev–Trinajstić information content (AvgIpc) is 2.65. The second-order valence-corrected chi connectivity index (χ2v) is 4.87. The standard InChI is InChI=1S/C12H12ClN3O4/c1-15-11(17)5-10(12(15)18)14-6-7-4-8(16(19)20)2-3-9(7)13/h2-4,10,14H,5-6H2,1H3. The van der Waals surface area contributed by atoms with Crippen LogP contribution in [0.3, 0.4) is 0 Å². The topological polar surface area (TPSA) is 92.6 Å². The lowest BCUT2D eigenvalue weighted by Gasteiger charge is -2.11. The SMILES string of the molecule is CN1C(=O)CC(NCc2cc([N+](=O)[O-])ccc2Cl)C1=O. The van der Waals surface area contributed by atoms with Gasteiger partial charge in [0.1, 0.15) is 0 Å². The summed E-state index contributed by atoms with van der Waals surface area (Å²) >= 11 is 5.96. The minimum atomic E-state index is -0.608. The van der Waals surface area contributed by atoms with Crippen molar-refractivity contribution in [1.82, 2.24) is 10.2 Å². The molecule has 1 aliphatic rings. The predicted octanol–water partition coefficient (Wildman–Crippen LogP) is 1.10. The number of halogens is 1. The molecule has 1 aliphatic heterocycles. The summed E-state index contributed by atoms with van der Waals surface area (Å²) in [5.74, 6) is -0.561. The highest BCUT2D eigenvalue weighted by Crippen LogP contribution is 2.22. The molecule has 1 fully saturated rings. The van der Waals surface area contributed by atoms with Crippen LogP contribution in [-0.4, -0.2) is 34.7 Å². The summed E-state index contributed by atoms with van der Waals surface area (Å²) in [6.07, 6.45) is 0.0852. The molecular weight excluding hydrogens is 286 g/mol. The van der Waals surface area contributed by atoms with Gasteiger partial charge >= 0.3 is 0 Å². The number of rotatable bonds is 4. The first-order valence-electron chi connectivity index (χ1n) is 5.86. The van der Waals surface area contributed by atoms with Crippen LogP contribution in [-0.2, 0) is 16.1 Å². The lowest BCUT2D eigenvalue weighted by Crippen LogP contribution is -2.36. The molecule has 1 aromatic carbocycles. The summed E-state index contributed by atoms with van der Waals surface area (Å²) in [5, 5.41) is 14.0. The van der Waals surface area contributed by atoms with E-state index in [-0.39, 0.29) is 30.5 Å². The Morgan fingerprint density at radius 3 is 2.75 bits per heavy atom. The molecule has 8 heteroatoms. The van der Waals surface area contributed by atoms with Crippen molar-refractivity contribution in [3.8, 4) is 0 Å². The minimum absolute atomic E-state index is 0.0721. The van der Waals surface area contributed by atoms with Gasteiger partial charge in [-0.1, -0.05) is 11.6 Å². The van der Waals surface area contributed by atoms with Gasteiger partial charge in [0.05, 0.1) is 17.4 Å². The quantitative estimate of drug-likeness (QED) is 0.510. The molecule has 7 nitrogen and oxygen atoms in total. The Labute approximate surface area is 119 Å². The van der Waals surface area contributed by atoms with E-state index in [0.29, 0.717) is 10.6 Å². The van der Waals surface area contributed by atoms with Crippen molar-refractivity contribution in [3.05, 3.63) is 38.9 Å². The molecule has 0 saturated carbocycles. The molecule has 2 amide bonds. The van der Waals surface area contributed by atoms with Gasteiger partial charge in [0.2, 0.25) is 11.8 Å². The highest BCUT2D eigenvalue weighted by atomic mass is 35.5. The third kappa shape index (κ3) is 2.78. The molecule has 1 unspecified atom stereocenters. The van der Waals surface area contributed by atoms with Crippen molar-refractivity contribution in [2.75, 3.05) is 7.05 Å². The summed E-state index contributed by atoms with van der Waals surface area (Å²) in [6.45, 7) is 0.179. The highest BCUT2D eigenvalue weighted by molar-refractivity contribution is 6.31. The molecule has 1 atom stereocenters. The van der Waals surface area contributed by atoms with Crippen LogP contribution in [0.25, 0.3) is 0 Å². The van der Waals surface area contributed by atoms with E-state index in [4.69, 9.17) is 11.6 Å². The van der Waals surface area contributed by atoms with Crippen LogP contribution in [0.4, 0.5) is 5.69 Å². The summed E-state index contributed by atoms with van der Waals surface area (Å²) in [7, 11) is 1.42. The normalized spacial score (nSPS) is 18.7. The van der Waals surface area contributed by atoms with Crippen LogP contribution in [0.1, 0.15) is 12.0 Å². The van der Waals surface area contributed by atoms with E-state index in [1.54, 1.807) is 0 Å². The third-order valence-corrected chi connectivity index (χ3v) is 3.53. The van der Waals surface area contributed by atoms with Crippen LogP contribution in [0.2, 0.25) is 5.02 Å². The molecule has 0 aliphatic carbocycles. The van der Waals surface area contributed by atoms with Crippen molar-refractivity contribution in [1.29, 1.82) is 0 Å². The lowest BCUT2D eigenvalue weighted by atomic mass is 10.1. The highest BCUT2D eigenvalue weighted by Gasteiger charge is 2.35. The number of likely N-dealkylation sites (N-methyl/N-ethyl adjacent to an activating group) is 1. The van der Waals surface area contributed by atoms with Crippen molar-refractivity contribution >= 4 is 29.1 Å². The van der Waals surface area contributed by atoms with Crippen LogP contribution < -0.4 is 5.32 Å². The van der Waals surface area contributed by atoms with Gasteiger partial charge in [0.25, 0.3) is 5.69 Å². The second-order valence-electron chi connectivity index (χ2n) is 4.46. The second kappa shape index (κ2) is 5.56. The van der Waals surface area contributed by atoms with E-state index in [1.165, 1.54) is 25.2 Å². The van der Waals surface area contributed by atoms with Gasteiger partial charge in [0.15, 0.2) is 0 Å². The van der Waals surface area contributed by atoms with E-state index < -0.39 is 11.0 Å². The van der Waals surface area contributed by atoms with E-state index in [9.17, 15) is 19.7 Å². The number of non-ortho nitro benzene ring substituents is 1. The number of benzene rings is 1. The molecular formula is C12H12ClN3O4. The Balaban J connectivity index is 2.08. The number of amides is 2. The number of likely N-dealkylation sites (tertiary alicyclic amines) is 1. The van der Waals surface area contributed by atoms with E-state index >= 15 is 0 Å². The van der Waals surface area contributed by atoms with Crippen LogP contribution in [0.5, 0.6) is 0 Å². The molecule has 0 radical (unpaired) electrons. The van der Waals surface area contributed by atoms with Gasteiger partial charge in [-0.05, 0) is 11.6 Å². The van der Waals surface area contributed by atoms with Gasteiger partial charge in [0, 0.05) is 30.7 Å². The largest absolute Gasteiger partial charge is 0.301 e. The monoisotopic (exact) mass is 297 g/mol. The van der Waals surface area contributed by atoms with Crippen LogP contribution >= 0.6 is 11.6 Å². The summed E-state index contributed by atoms with van der Waals surface area (Å²) in [4.78, 5) is 34.3. The van der Waals surface area contributed by atoms with Crippen LogP contribution in [0, 0.1) is 10.1 Å². The average molecular weight is 298 g/mol. The maximum atomic E-state index is 11.7. The van der Waals surface area contributed by atoms with E-state index in [2.05, 4.69) is 5.32 Å². The summed E-state index contributed by atoms with van der Waals surface area (Å²) in [6, 6.07) is 3.48. The molecule has 1 aromatic rings. The first-order chi connectivity index (χ1) is 9.40. The predicted molar refractivity (Wildman–Crippen MR) is 71.1 cm³/mol. The number of hydrogen-bond donors (Lipinski definition) is 1. The number of imide groups is 1. The zero-order chi connectivity index (χ0) is 14.9. The number of nitrogens with one attached hydrogen (secondary N) is 1. The maximum absolute atomic E-state index is 11.7. The van der Waals surface area contributed by atoms with Gasteiger partial charge in [-0.25, -0.2) is 0 Å². The van der Waals surface area contributed by atoms with Crippen molar-refractivity contribution in [2.45, 2.75) is 19.0 Å². The molecule has 1 heterocycles. The zero-order valence-electron chi connectivity index (χ0n) is 10.6. The fourth-order valence-corrected chi connectivity index (χ4v) is 2.14. The first kappa shape index (κ1) is 14.4. The van der Waals surface area contributed by atoms with Crippen molar-refractivity contribution < 1.29 is 14.5 Å². The van der Waals surface area contributed by atoms with Crippen molar-refractivity contribution in [3.63, 3.8) is 0 Å². The fourth-order valence-electron chi connectivity index (χ4n) is 1.96. The molecule has 1 saturated heterocycles. The first-order valence-corrected chi connectivity index (χ1v) is 6.24. The molecule has 0 aromatic heterocycles.